The van der Waals surface area contributed by atoms with Crippen LogP contribution in [0.5, 0.6) is 0 Å². The van der Waals surface area contributed by atoms with Crippen molar-refractivity contribution in [1.82, 2.24) is 25.2 Å². The summed E-state index contributed by atoms with van der Waals surface area (Å²) in [5.74, 6) is 1.45. The zero-order valence-corrected chi connectivity index (χ0v) is 17.6. The molecular formula is C19H24FIN6. The van der Waals surface area contributed by atoms with E-state index in [-0.39, 0.29) is 29.8 Å². The smallest absolute Gasteiger partial charge is 0.191 e. The van der Waals surface area contributed by atoms with E-state index < -0.39 is 0 Å². The summed E-state index contributed by atoms with van der Waals surface area (Å²) in [4.78, 5) is 4.59. The van der Waals surface area contributed by atoms with E-state index in [2.05, 4.69) is 25.8 Å². The highest BCUT2D eigenvalue weighted by Gasteiger charge is 2.04. The molecule has 3 aromatic rings. The number of aliphatic imine (C=N–C) groups is 1. The Balaban J connectivity index is 0.00000261. The predicted molar refractivity (Wildman–Crippen MR) is 116 cm³/mol. The number of aromatic nitrogens is 3. The molecule has 0 aliphatic rings. The Bertz CT molecular complexity index is 862. The van der Waals surface area contributed by atoms with Crippen LogP contribution in [-0.2, 0) is 12.8 Å². The van der Waals surface area contributed by atoms with Gasteiger partial charge in [-0.1, -0.05) is 18.2 Å². The molecule has 0 atom stereocenters. The highest BCUT2D eigenvalue weighted by molar-refractivity contribution is 14.0. The van der Waals surface area contributed by atoms with Gasteiger partial charge in [0.15, 0.2) is 11.6 Å². The number of fused-ring (bicyclic) bond motifs is 1. The molecule has 0 aliphatic carbocycles. The third kappa shape index (κ3) is 6.16. The van der Waals surface area contributed by atoms with Gasteiger partial charge in [0.2, 0.25) is 0 Å². The number of hydrogen-bond acceptors (Lipinski definition) is 3. The first-order valence-corrected chi connectivity index (χ1v) is 8.81. The second-order valence-corrected chi connectivity index (χ2v) is 5.86. The van der Waals surface area contributed by atoms with E-state index in [9.17, 15) is 4.39 Å². The van der Waals surface area contributed by atoms with Crippen LogP contribution in [0.15, 0.2) is 53.7 Å². The van der Waals surface area contributed by atoms with Crippen molar-refractivity contribution in [2.45, 2.75) is 19.8 Å². The molecule has 1 aromatic carbocycles. The molecular weight excluding hydrogens is 458 g/mol. The minimum absolute atomic E-state index is 0. The first-order valence-electron chi connectivity index (χ1n) is 8.81. The maximum atomic E-state index is 12.9. The van der Waals surface area contributed by atoms with E-state index in [1.165, 1.54) is 12.1 Å². The van der Waals surface area contributed by atoms with Gasteiger partial charge in [-0.2, -0.15) is 0 Å². The second kappa shape index (κ2) is 10.8. The van der Waals surface area contributed by atoms with E-state index in [1.807, 2.05) is 35.7 Å². The van der Waals surface area contributed by atoms with E-state index in [0.29, 0.717) is 13.0 Å². The van der Waals surface area contributed by atoms with E-state index in [4.69, 9.17) is 0 Å². The molecule has 0 bridgehead atoms. The summed E-state index contributed by atoms with van der Waals surface area (Å²) in [6.45, 7) is 4.16. The minimum atomic E-state index is -0.211. The van der Waals surface area contributed by atoms with Gasteiger partial charge in [-0.3, -0.25) is 9.39 Å². The first kappa shape index (κ1) is 21.1. The van der Waals surface area contributed by atoms with Crippen LogP contribution in [0.4, 0.5) is 4.39 Å². The van der Waals surface area contributed by atoms with Gasteiger partial charge >= 0.3 is 0 Å². The van der Waals surface area contributed by atoms with Gasteiger partial charge in [-0.25, -0.2) is 4.39 Å². The van der Waals surface area contributed by atoms with Crippen molar-refractivity contribution in [3.63, 3.8) is 0 Å². The van der Waals surface area contributed by atoms with Crippen molar-refractivity contribution in [1.29, 1.82) is 0 Å². The number of halogens is 2. The summed E-state index contributed by atoms with van der Waals surface area (Å²) >= 11 is 0. The van der Waals surface area contributed by atoms with Gasteiger partial charge in [-0.05, 0) is 43.2 Å². The fourth-order valence-electron chi connectivity index (χ4n) is 2.65. The number of nitrogens with one attached hydrogen (secondary N) is 2. The molecule has 0 unspecified atom stereocenters. The Morgan fingerprint density at radius 1 is 1.07 bits per heavy atom. The molecule has 0 radical (unpaired) electrons. The maximum Gasteiger partial charge on any atom is 0.191 e. The molecule has 3 rings (SSSR count). The quantitative estimate of drug-likeness (QED) is 0.309. The average molecular weight is 482 g/mol. The summed E-state index contributed by atoms with van der Waals surface area (Å²) < 4.78 is 14.9. The van der Waals surface area contributed by atoms with E-state index >= 15 is 0 Å². The van der Waals surface area contributed by atoms with Crippen molar-refractivity contribution in [2.24, 2.45) is 4.99 Å². The lowest BCUT2D eigenvalue weighted by Crippen LogP contribution is -2.38. The second-order valence-electron chi connectivity index (χ2n) is 5.86. The van der Waals surface area contributed by atoms with Gasteiger partial charge in [0.05, 0.1) is 0 Å². The first-order chi connectivity index (χ1) is 12.8. The van der Waals surface area contributed by atoms with Gasteiger partial charge in [0, 0.05) is 32.3 Å². The van der Waals surface area contributed by atoms with Gasteiger partial charge < -0.3 is 10.6 Å². The van der Waals surface area contributed by atoms with E-state index in [1.54, 1.807) is 12.1 Å². The topological polar surface area (TPSA) is 66.6 Å². The molecule has 2 N–H and O–H groups in total. The van der Waals surface area contributed by atoms with Crippen molar-refractivity contribution in [3.05, 3.63) is 65.9 Å². The molecule has 144 valence electrons. The van der Waals surface area contributed by atoms with Gasteiger partial charge in [0.1, 0.15) is 11.6 Å². The molecule has 0 aliphatic heterocycles. The monoisotopic (exact) mass is 482 g/mol. The molecule has 0 saturated heterocycles. The highest BCUT2D eigenvalue weighted by Crippen LogP contribution is 2.04. The minimum Gasteiger partial charge on any atom is -0.357 e. The van der Waals surface area contributed by atoms with Crippen LogP contribution in [0.2, 0.25) is 0 Å². The Morgan fingerprint density at radius 3 is 2.67 bits per heavy atom. The summed E-state index contributed by atoms with van der Waals surface area (Å²) in [6, 6.07) is 12.4. The summed E-state index contributed by atoms with van der Waals surface area (Å²) in [5, 5.41) is 14.9. The summed E-state index contributed by atoms with van der Waals surface area (Å²) in [7, 11) is 0. The molecule has 2 heterocycles. The molecule has 0 fully saturated rings. The van der Waals surface area contributed by atoms with Crippen LogP contribution in [0.25, 0.3) is 5.65 Å². The van der Waals surface area contributed by atoms with Crippen molar-refractivity contribution >= 4 is 35.6 Å². The van der Waals surface area contributed by atoms with Gasteiger partial charge in [-0.15, -0.1) is 34.2 Å². The Kier molecular flexibility index (Phi) is 8.43. The van der Waals surface area contributed by atoms with Crippen LogP contribution in [0.1, 0.15) is 18.3 Å². The van der Waals surface area contributed by atoms with Crippen LogP contribution < -0.4 is 10.6 Å². The van der Waals surface area contributed by atoms with Crippen LogP contribution >= 0.6 is 24.0 Å². The zero-order valence-electron chi connectivity index (χ0n) is 15.2. The predicted octanol–water partition coefficient (Wildman–Crippen LogP) is 2.83. The number of guanidine groups is 1. The SMILES string of the molecule is CCNC(=NCCc1nnc2ccccn12)NCCc1ccc(F)cc1.I. The fraction of sp³-hybridized carbons (Fsp3) is 0.316. The molecule has 0 amide bonds. The standard InChI is InChI=1S/C19H23FN6.HI/c1-2-21-19(22-12-10-15-6-8-16(20)9-7-15)23-13-11-18-25-24-17-5-3-4-14-26(17)18;/h3-9,14H,2,10-13H2,1H3,(H2,21,22,23);1H. The Labute approximate surface area is 175 Å². The van der Waals surface area contributed by atoms with Crippen LogP contribution in [0.3, 0.4) is 0 Å². The fourth-order valence-corrected chi connectivity index (χ4v) is 2.65. The largest absolute Gasteiger partial charge is 0.357 e. The van der Waals surface area contributed by atoms with Crippen LogP contribution in [-0.4, -0.2) is 40.2 Å². The third-order valence-electron chi connectivity index (χ3n) is 3.95. The average Bonchev–Trinajstić information content (AvgIpc) is 3.07. The van der Waals surface area contributed by atoms with Crippen LogP contribution in [0, 0.1) is 5.82 Å². The molecule has 6 nitrogen and oxygen atoms in total. The Morgan fingerprint density at radius 2 is 1.89 bits per heavy atom. The summed E-state index contributed by atoms with van der Waals surface area (Å²) in [5.41, 5.74) is 1.93. The lowest BCUT2D eigenvalue weighted by Gasteiger charge is -2.11. The number of pyridine rings is 1. The molecule has 27 heavy (non-hydrogen) atoms. The normalized spacial score (nSPS) is 11.3. The number of hydrogen-bond donors (Lipinski definition) is 2. The maximum absolute atomic E-state index is 12.9. The molecule has 8 heteroatoms. The summed E-state index contributed by atoms with van der Waals surface area (Å²) in [6.07, 6.45) is 3.47. The molecule has 0 saturated carbocycles. The molecule has 0 spiro atoms. The lowest BCUT2D eigenvalue weighted by molar-refractivity contribution is 0.626. The van der Waals surface area contributed by atoms with E-state index in [0.717, 1.165) is 42.5 Å². The zero-order chi connectivity index (χ0) is 18.2. The van der Waals surface area contributed by atoms with Crippen molar-refractivity contribution < 1.29 is 4.39 Å². The number of rotatable bonds is 7. The van der Waals surface area contributed by atoms with Crippen molar-refractivity contribution in [2.75, 3.05) is 19.6 Å². The number of benzene rings is 1. The van der Waals surface area contributed by atoms with Crippen molar-refractivity contribution in [3.8, 4) is 0 Å². The number of nitrogens with zero attached hydrogens (tertiary/aromatic N) is 4. The van der Waals surface area contributed by atoms with Gasteiger partial charge in [0.25, 0.3) is 0 Å². The third-order valence-corrected chi connectivity index (χ3v) is 3.95. The molecule has 2 aromatic heterocycles. The highest BCUT2D eigenvalue weighted by atomic mass is 127. The lowest BCUT2D eigenvalue weighted by atomic mass is 10.1. The Hall–Kier alpha value is -2.23.